The molecule has 0 fully saturated rings. The Hall–Kier alpha value is -3.34. The van der Waals surface area contributed by atoms with Crippen LogP contribution in [-0.4, -0.2) is 17.9 Å². The molecule has 1 aliphatic heterocycles. The van der Waals surface area contributed by atoms with E-state index in [0.717, 1.165) is 28.3 Å². The van der Waals surface area contributed by atoms with Crippen molar-refractivity contribution < 1.29 is 14.3 Å². The highest BCUT2D eigenvalue weighted by molar-refractivity contribution is 6.10. The Bertz CT molecular complexity index is 908. The van der Waals surface area contributed by atoms with Crippen molar-refractivity contribution in [2.24, 2.45) is 0 Å². The van der Waals surface area contributed by atoms with Gasteiger partial charge in [-0.3, -0.25) is 9.59 Å². The van der Waals surface area contributed by atoms with Gasteiger partial charge in [0.2, 0.25) is 5.91 Å². The average molecular weight is 362 g/mol. The highest BCUT2D eigenvalue weighted by atomic mass is 16.5. The molecule has 2 amide bonds. The van der Waals surface area contributed by atoms with Gasteiger partial charge in [-0.05, 0) is 73.5 Å². The number of carbonyl (C=O) groups is 2. The van der Waals surface area contributed by atoms with E-state index in [2.05, 4.69) is 10.6 Å². The molecule has 5 nitrogen and oxygen atoms in total. The second-order valence-corrected chi connectivity index (χ2v) is 6.61. The molecule has 0 atom stereocenters. The second kappa shape index (κ2) is 7.91. The van der Waals surface area contributed by atoms with E-state index in [9.17, 15) is 9.59 Å². The lowest BCUT2D eigenvalue weighted by Gasteiger charge is -2.10. The van der Waals surface area contributed by atoms with Crippen LogP contribution in [0.15, 0.2) is 60.2 Å². The number of nitrogens with one attached hydrogen (secondary N) is 2. The van der Waals surface area contributed by atoms with Crippen LogP contribution in [-0.2, 0) is 9.59 Å². The number of carbonyl (C=O) groups excluding carboxylic acids is 2. The molecule has 0 saturated heterocycles. The van der Waals surface area contributed by atoms with Gasteiger partial charge in [0.1, 0.15) is 5.75 Å². The van der Waals surface area contributed by atoms with E-state index in [1.165, 1.54) is 6.92 Å². The van der Waals surface area contributed by atoms with Crippen LogP contribution in [0.2, 0.25) is 0 Å². The number of benzene rings is 2. The molecule has 2 aromatic rings. The maximum atomic E-state index is 12.3. The summed E-state index contributed by atoms with van der Waals surface area (Å²) >= 11 is 0. The van der Waals surface area contributed by atoms with Gasteiger partial charge in [0.25, 0.3) is 5.91 Å². The summed E-state index contributed by atoms with van der Waals surface area (Å²) in [4.78, 5) is 23.3. The topological polar surface area (TPSA) is 67.4 Å². The van der Waals surface area contributed by atoms with Crippen LogP contribution < -0.4 is 15.4 Å². The molecule has 0 aromatic heterocycles. The van der Waals surface area contributed by atoms with Gasteiger partial charge in [0.15, 0.2) is 0 Å². The molecule has 5 heteroatoms. The summed E-state index contributed by atoms with van der Waals surface area (Å²) in [5.74, 6) is 0.542. The Labute approximate surface area is 158 Å². The lowest BCUT2D eigenvalue weighted by molar-refractivity contribution is -0.116. The molecule has 1 aliphatic rings. The van der Waals surface area contributed by atoms with Crippen LogP contribution in [0.25, 0.3) is 11.8 Å². The molecule has 3 rings (SSSR count). The predicted octanol–water partition coefficient (Wildman–Crippen LogP) is 3.99. The van der Waals surface area contributed by atoms with Crippen LogP contribution in [0.5, 0.6) is 5.75 Å². The lowest BCUT2D eigenvalue weighted by atomic mass is 10.1. The zero-order valence-electron chi connectivity index (χ0n) is 15.6. The number of anilines is 1. The first kappa shape index (κ1) is 18.5. The Morgan fingerprint density at radius 2 is 1.74 bits per heavy atom. The molecule has 1 heterocycles. The lowest BCUT2D eigenvalue weighted by Crippen LogP contribution is -2.15. The third-order valence-corrected chi connectivity index (χ3v) is 3.90. The molecule has 0 unspecified atom stereocenters. The SMILES string of the molecule is CC(=O)Nc1ccc(C=C2C=C(c3ccc(OC(C)C)cc3)NC2=O)cc1. The van der Waals surface area contributed by atoms with Crippen molar-refractivity contribution >= 4 is 29.3 Å². The molecule has 0 saturated carbocycles. The molecular formula is C22H22N2O3. The number of amides is 2. The summed E-state index contributed by atoms with van der Waals surface area (Å²) in [5.41, 5.74) is 3.87. The van der Waals surface area contributed by atoms with Gasteiger partial charge in [0, 0.05) is 23.9 Å². The summed E-state index contributed by atoms with van der Waals surface area (Å²) in [6.45, 7) is 5.42. The zero-order chi connectivity index (χ0) is 19.4. The number of hydrogen-bond donors (Lipinski definition) is 2. The fourth-order valence-electron chi connectivity index (χ4n) is 2.75. The third-order valence-electron chi connectivity index (χ3n) is 3.90. The summed E-state index contributed by atoms with van der Waals surface area (Å²) in [7, 11) is 0. The van der Waals surface area contributed by atoms with Gasteiger partial charge >= 0.3 is 0 Å². The van der Waals surface area contributed by atoms with Gasteiger partial charge < -0.3 is 15.4 Å². The highest BCUT2D eigenvalue weighted by Crippen LogP contribution is 2.24. The summed E-state index contributed by atoms with van der Waals surface area (Å²) < 4.78 is 5.64. The van der Waals surface area contributed by atoms with Gasteiger partial charge in [-0.25, -0.2) is 0 Å². The van der Waals surface area contributed by atoms with E-state index in [4.69, 9.17) is 4.74 Å². The minimum Gasteiger partial charge on any atom is -0.491 e. The first-order valence-electron chi connectivity index (χ1n) is 8.80. The molecule has 0 radical (unpaired) electrons. The molecule has 0 bridgehead atoms. The van der Waals surface area contributed by atoms with Crippen LogP contribution in [0.3, 0.4) is 0 Å². The standard InChI is InChI=1S/C22H22N2O3/c1-14(2)27-20-10-6-17(7-11-20)21-13-18(22(26)24-21)12-16-4-8-19(9-5-16)23-15(3)25/h4-14H,1-3H3,(H,23,25)(H,24,26). The van der Waals surface area contributed by atoms with Gasteiger partial charge in [0.05, 0.1) is 6.10 Å². The molecule has 0 spiro atoms. The van der Waals surface area contributed by atoms with Crippen molar-refractivity contribution in [1.82, 2.24) is 5.32 Å². The number of ether oxygens (including phenoxy) is 1. The summed E-state index contributed by atoms with van der Waals surface area (Å²) in [6, 6.07) is 15.0. The molecule has 2 N–H and O–H groups in total. The molecule has 27 heavy (non-hydrogen) atoms. The summed E-state index contributed by atoms with van der Waals surface area (Å²) in [6.07, 6.45) is 3.77. The van der Waals surface area contributed by atoms with Gasteiger partial charge in [-0.15, -0.1) is 0 Å². The van der Waals surface area contributed by atoms with Crippen molar-refractivity contribution in [2.75, 3.05) is 5.32 Å². The Balaban J connectivity index is 1.77. The number of hydrogen-bond acceptors (Lipinski definition) is 3. The fraction of sp³-hybridized carbons (Fsp3) is 0.182. The molecule has 2 aromatic carbocycles. The third kappa shape index (κ3) is 4.85. The van der Waals surface area contributed by atoms with E-state index < -0.39 is 0 Å². The Morgan fingerprint density at radius 3 is 2.33 bits per heavy atom. The quantitative estimate of drug-likeness (QED) is 0.791. The Morgan fingerprint density at radius 1 is 1.07 bits per heavy atom. The van der Waals surface area contributed by atoms with Crippen LogP contribution >= 0.6 is 0 Å². The van der Waals surface area contributed by atoms with Gasteiger partial charge in [-0.1, -0.05) is 12.1 Å². The maximum Gasteiger partial charge on any atom is 0.255 e. The van der Waals surface area contributed by atoms with E-state index in [0.29, 0.717) is 5.57 Å². The largest absolute Gasteiger partial charge is 0.491 e. The first-order valence-corrected chi connectivity index (χ1v) is 8.80. The highest BCUT2D eigenvalue weighted by Gasteiger charge is 2.19. The number of rotatable bonds is 5. The predicted molar refractivity (Wildman–Crippen MR) is 107 cm³/mol. The van der Waals surface area contributed by atoms with Crippen molar-refractivity contribution in [1.29, 1.82) is 0 Å². The molecule has 138 valence electrons. The van der Waals surface area contributed by atoms with Crippen LogP contribution in [0, 0.1) is 0 Å². The van der Waals surface area contributed by atoms with Crippen LogP contribution in [0.4, 0.5) is 5.69 Å². The Kier molecular flexibility index (Phi) is 5.41. The minimum atomic E-state index is -0.140. The monoisotopic (exact) mass is 362 g/mol. The second-order valence-electron chi connectivity index (χ2n) is 6.61. The van der Waals surface area contributed by atoms with Crippen molar-refractivity contribution in [3.8, 4) is 5.75 Å². The van der Waals surface area contributed by atoms with E-state index in [1.54, 1.807) is 12.1 Å². The van der Waals surface area contributed by atoms with Crippen molar-refractivity contribution in [3.05, 3.63) is 71.3 Å². The fourth-order valence-corrected chi connectivity index (χ4v) is 2.75. The summed E-state index contributed by atoms with van der Waals surface area (Å²) in [5, 5.41) is 5.61. The normalized spacial score (nSPS) is 14.9. The van der Waals surface area contributed by atoms with E-state index in [-0.39, 0.29) is 17.9 Å². The first-order chi connectivity index (χ1) is 12.9. The van der Waals surface area contributed by atoms with Crippen molar-refractivity contribution in [3.63, 3.8) is 0 Å². The van der Waals surface area contributed by atoms with E-state index in [1.807, 2.05) is 62.4 Å². The molecular weight excluding hydrogens is 340 g/mol. The van der Waals surface area contributed by atoms with E-state index >= 15 is 0 Å². The zero-order valence-corrected chi connectivity index (χ0v) is 15.6. The average Bonchev–Trinajstić information content (AvgIpc) is 2.97. The minimum absolute atomic E-state index is 0.117. The van der Waals surface area contributed by atoms with Crippen molar-refractivity contribution in [2.45, 2.75) is 26.9 Å². The smallest absolute Gasteiger partial charge is 0.255 e. The van der Waals surface area contributed by atoms with Crippen LogP contribution in [0.1, 0.15) is 31.9 Å². The van der Waals surface area contributed by atoms with Gasteiger partial charge in [-0.2, -0.15) is 0 Å². The maximum absolute atomic E-state index is 12.3. The molecule has 0 aliphatic carbocycles.